The lowest BCUT2D eigenvalue weighted by molar-refractivity contribution is -0.384. The van der Waals surface area contributed by atoms with E-state index < -0.39 is 0 Å². The minimum atomic E-state index is -0.348. The van der Waals surface area contributed by atoms with Crippen molar-refractivity contribution in [3.8, 4) is 0 Å². The number of nitro benzene ring substituents is 1. The van der Waals surface area contributed by atoms with E-state index in [-0.39, 0.29) is 10.6 Å². The third kappa shape index (κ3) is 3.81. The zero-order chi connectivity index (χ0) is 12.8. The minimum absolute atomic E-state index is 0.178. The Kier molecular flexibility index (Phi) is 4.70. The van der Waals surface area contributed by atoms with Gasteiger partial charge in [-0.3, -0.25) is 10.1 Å². The number of nitrogens with zero attached hydrogens (tertiary/aromatic N) is 1. The van der Waals surface area contributed by atoms with Gasteiger partial charge in [-0.15, -0.1) is 0 Å². The number of nitro groups is 1. The number of hydrogen-bond donors (Lipinski definition) is 1. The quantitative estimate of drug-likeness (QED) is 0.644. The van der Waals surface area contributed by atoms with Gasteiger partial charge >= 0.3 is 0 Å². The molecule has 1 N–H and O–H groups in total. The second-order valence-corrected chi connectivity index (χ2v) is 5.01. The molecule has 4 heteroatoms. The van der Waals surface area contributed by atoms with Crippen molar-refractivity contribution in [3.63, 3.8) is 0 Å². The first-order chi connectivity index (χ1) is 8.75. The summed E-state index contributed by atoms with van der Waals surface area (Å²) < 4.78 is 0. The third-order valence-electron chi connectivity index (χ3n) is 3.68. The number of rotatable bonds is 5. The van der Waals surface area contributed by atoms with Crippen LogP contribution in [0.5, 0.6) is 0 Å². The molecule has 1 aromatic rings. The molecule has 4 nitrogen and oxygen atoms in total. The molecular weight excluding hydrogens is 228 g/mol. The molecule has 18 heavy (non-hydrogen) atoms. The number of non-ortho nitro benzene ring substituents is 1. The first-order valence-corrected chi connectivity index (χ1v) is 6.70. The molecular formula is C14H20N2O2. The highest BCUT2D eigenvalue weighted by molar-refractivity contribution is 5.32. The predicted octanol–water partition coefficient (Wildman–Crippen LogP) is 2.92. The summed E-state index contributed by atoms with van der Waals surface area (Å²) >= 11 is 0. The average Bonchev–Trinajstić information content (AvgIpc) is 2.40. The van der Waals surface area contributed by atoms with Crippen LogP contribution in [0.25, 0.3) is 0 Å². The van der Waals surface area contributed by atoms with E-state index in [4.69, 9.17) is 0 Å². The largest absolute Gasteiger partial charge is 0.317 e. The maximum absolute atomic E-state index is 10.5. The second-order valence-electron chi connectivity index (χ2n) is 5.01. The van der Waals surface area contributed by atoms with Crippen LogP contribution in [0.3, 0.4) is 0 Å². The Morgan fingerprint density at radius 2 is 1.89 bits per heavy atom. The SMILES string of the molecule is O=[N+]([O-])c1ccc(CCCC2CCNCC2)cc1. The number of aryl methyl sites for hydroxylation is 1. The summed E-state index contributed by atoms with van der Waals surface area (Å²) in [7, 11) is 0. The van der Waals surface area contributed by atoms with Gasteiger partial charge in [0.15, 0.2) is 0 Å². The van der Waals surface area contributed by atoms with Gasteiger partial charge in [0.05, 0.1) is 4.92 Å². The highest BCUT2D eigenvalue weighted by Gasteiger charge is 2.12. The highest BCUT2D eigenvalue weighted by atomic mass is 16.6. The van der Waals surface area contributed by atoms with Crippen molar-refractivity contribution in [2.45, 2.75) is 32.1 Å². The molecule has 0 radical (unpaired) electrons. The fourth-order valence-corrected chi connectivity index (χ4v) is 2.55. The summed E-state index contributed by atoms with van der Waals surface area (Å²) in [4.78, 5) is 10.2. The Morgan fingerprint density at radius 1 is 1.22 bits per heavy atom. The average molecular weight is 248 g/mol. The monoisotopic (exact) mass is 248 g/mol. The summed E-state index contributed by atoms with van der Waals surface area (Å²) in [6, 6.07) is 6.95. The molecule has 0 saturated carbocycles. The maximum Gasteiger partial charge on any atom is 0.269 e. The van der Waals surface area contributed by atoms with E-state index in [9.17, 15) is 10.1 Å². The molecule has 0 spiro atoms. The summed E-state index contributed by atoms with van der Waals surface area (Å²) in [6.45, 7) is 2.31. The molecule has 1 heterocycles. The fourth-order valence-electron chi connectivity index (χ4n) is 2.55. The zero-order valence-electron chi connectivity index (χ0n) is 10.6. The van der Waals surface area contributed by atoms with Crippen molar-refractivity contribution in [2.75, 3.05) is 13.1 Å². The van der Waals surface area contributed by atoms with Crippen molar-refractivity contribution < 1.29 is 4.92 Å². The maximum atomic E-state index is 10.5. The molecule has 1 aliphatic rings. The zero-order valence-corrected chi connectivity index (χ0v) is 10.6. The molecule has 2 rings (SSSR count). The van der Waals surface area contributed by atoms with Crippen molar-refractivity contribution in [1.82, 2.24) is 5.32 Å². The number of benzene rings is 1. The Morgan fingerprint density at radius 3 is 2.50 bits per heavy atom. The lowest BCUT2D eigenvalue weighted by Crippen LogP contribution is -2.27. The fraction of sp³-hybridized carbons (Fsp3) is 0.571. The van der Waals surface area contributed by atoms with E-state index in [0.717, 1.165) is 25.4 Å². The molecule has 1 aliphatic heterocycles. The molecule has 1 aromatic carbocycles. The summed E-state index contributed by atoms with van der Waals surface area (Å²) in [5, 5.41) is 13.9. The topological polar surface area (TPSA) is 55.2 Å². The van der Waals surface area contributed by atoms with Gasteiger partial charge in [-0.05, 0) is 50.3 Å². The van der Waals surface area contributed by atoms with Gasteiger partial charge < -0.3 is 5.32 Å². The second kappa shape index (κ2) is 6.50. The van der Waals surface area contributed by atoms with Gasteiger partial charge in [0, 0.05) is 12.1 Å². The summed E-state index contributed by atoms with van der Waals surface area (Å²) in [6.07, 6.45) is 6.07. The molecule has 0 amide bonds. The molecule has 1 fully saturated rings. The van der Waals surface area contributed by atoms with Crippen LogP contribution in [0.2, 0.25) is 0 Å². The standard InChI is InChI=1S/C14H20N2O2/c17-16(18)14-6-4-12(5-7-14)2-1-3-13-8-10-15-11-9-13/h4-7,13,15H,1-3,8-11H2. The van der Waals surface area contributed by atoms with Crippen LogP contribution < -0.4 is 5.32 Å². The lowest BCUT2D eigenvalue weighted by atomic mass is 9.91. The smallest absolute Gasteiger partial charge is 0.269 e. The van der Waals surface area contributed by atoms with Crippen molar-refractivity contribution in [1.29, 1.82) is 0 Å². The van der Waals surface area contributed by atoms with Gasteiger partial charge in [0.2, 0.25) is 0 Å². The molecule has 1 saturated heterocycles. The van der Waals surface area contributed by atoms with Gasteiger partial charge in [-0.1, -0.05) is 18.6 Å². The van der Waals surface area contributed by atoms with Crippen LogP contribution in [0.1, 0.15) is 31.2 Å². The molecule has 98 valence electrons. The van der Waals surface area contributed by atoms with Crippen LogP contribution in [0, 0.1) is 16.0 Å². The van der Waals surface area contributed by atoms with Gasteiger partial charge in [0.1, 0.15) is 0 Å². The van der Waals surface area contributed by atoms with Crippen molar-refractivity contribution in [2.24, 2.45) is 5.92 Å². The third-order valence-corrected chi connectivity index (χ3v) is 3.68. The van der Waals surface area contributed by atoms with E-state index in [1.54, 1.807) is 12.1 Å². The number of hydrogen-bond acceptors (Lipinski definition) is 3. The Bertz CT molecular complexity index is 383. The number of piperidine rings is 1. The van der Waals surface area contributed by atoms with Crippen LogP contribution in [0.4, 0.5) is 5.69 Å². The molecule has 0 unspecified atom stereocenters. The van der Waals surface area contributed by atoms with Crippen molar-refractivity contribution in [3.05, 3.63) is 39.9 Å². The Balaban J connectivity index is 1.74. The lowest BCUT2D eigenvalue weighted by Gasteiger charge is -2.22. The van der Waals surface area contributed by atoms with E-state index in [0.29, 0.717) is 0 Å². The molecule has 0 atom stereocenters. The van der Waals surface area contributed by atoms with Crippen LogP contribution in [0.15, 0.2) is 24.3 Å². The minimum Gasteiger partial charge on any atom is -0.317 e. The molecule has 0 aliphatic carbocycles. The summed E-state index contributed by atoms with van der Waals surface area (Å²) in [5.74, 6) is 0.865. The van der Waals surface area contributed by atoms with E-state index in [1.165, 1.54) is 31.2 Å². The molecule has 0 bridgehead atoms. The summed E-state index contributed by atoms with van der Waals surface area (Å²) in [5.41, 5.74) is 1.38. The van der Waals surface area contributed by atoms with Crippen LogP contribution in [-0.2, 0) is 6.42 Å². The normalized spacial score (nSPS) is 16.7. The Labute approximate surface area is 108 Å². The first kappa shape index (κ1) is 13.0. The van der Waals surface area contributed by atoms with Gasteiger partial charge in [-0.2, -0.15) is 0 Å². The molecule has 0 aromatic heterocycles. The van der Waals surface area contributed by atoms with Crippen molar-refractivity contribution >= 4 is 5.69 Å². The predicted molar refractivity (Wildman–Crippen MR) is 71.6 cm³/mol. The van der Waals surface area contributed by atoms with E-state index >= 15 is 0 Å². The van der Waals surface area contributed by atoms with Crippen LogP contribution in [-0.4, -0.2) is 18.0 Å². The van der Waals surface area contributed by atoms with E-state index in [2.05, 4.69) is 5.32 Å². The first-order valence-electron chi connectivity index (χ1n) is 6.70. The Hall–Kier alpha value is -1.42. The highest BCUT2D eigenvalue weighted by Crippen LogP contribution is 2.20. The van der Waals surface area contributed by atoms with E-state index in [1.807, 2.05) is 12.1 Å². The number of nitrogens with one attached hydrogen (secondary N) is 1. The van der Waals surface area contributed by atoms with Gasteiger partial charge in [0.25, 0.3) is 5.69 Å². The van der Waals surface area contributed by atoms with Crippen LogP contribution >= 0.6 is 0 Å². The van der Waals surface area contributed by atoms with Gasteiger partial charge in [-0.25, -0.2) is 0 Å².